The maximum atomic E-state index is 12.6. The lowest BCUT2D eigenvalue weighted by Gasteiger charge is -2.32. The van der Waals surface area contributed by atoms with Crippen LogP contribution in [0.1, 0.15) is 11.3 Å². The summed E-state index contributed by atoms with van der Waals surface area (Å²) in [6.07, 6.45) is -2.39. The van der Waals surface area contributed by atoms with E-state index >= 15 is 0 Å². The summed E-state index contributed by atoms with van der Waals surface area (Å²) >= 11 is 0.732. The molecule has 2 aliphatic heterocycles. The molecule has 2 fully saturated rings. The number of hydrogen-bond donors (Lipinski definition) is 0. The summed E-state index contributed by atoms with van der Waals surface area (Å²) in [6.45, 7) is 4.82. The van der Waals surface area contributed by atoms with Gasteiger partial charge in [0.15, 0.2) is 5.13 Å². The Balaban J connectivity index is 1.63. The van der Waals surface area contributed by atoms with Gasteiger partial charge in [-0.3, -0.25) is 4.90 Å². The maximum absolute atomic E-state index is 12.6. The third-order valence-electron chi connectivity index (χ3n) is 3.77. The molecule has 0 radical (unpaired) electrons. The van der Waals surface area contributed by atoms with Crippen LogP contribution in [0.2, 0.25) is 0 Å². The number of nitrogens with zero attached hydrogens (tertiary/aromatic N) is 3. The highest BCUT2D eigenvalue weighted by Gasteiger charge is 2.35. The van der Waals surface area contributed by atoms with E-state index in [2.05, 4.69) is 9.88 Å². The van der Waals surface area contributed by atoms with Gasteiger partial charge < -0.3 is 9.64 Å². The Morgan fingerprint density at radius 3 is 2.65 bits per heavy atom. The molecule has 0 N–H and O–H groups in total. The normalized spacial score (nSPS) is 25.4. The molecule has 0 aliphatic carbocycles. The molecule has 0 aromatic carbocycles. The van der Waals surface area contributed by atoms with Crippen molar-refractivity contribution in [3.8, 4) is 0 Å². The predicted molar refractivity (Wildman–Crippen MR) is 70.1 cm³/mol. The second kappa shape index (κ2) is 5.50. The van der Waals surface area contributed by atoms with Gasteiger partial charge in [-0.15, -0.1) is 0 Å². The molecule has 1 unspecified atom stereocenters. The van der Waals surface area contributed by atoms with Crippen molar-refractivity contribution in [2.75, 3.05) is 44.3 Å². The average Bonchev–Trinajstić information content (AvgIpc) is 3.08. The Hall–Kier alpha value is -0.860. The van der Waals surface area contributed by atoms with Crippen molar-refractivity contribution < 1.29 is 17.9 Å². The minimum atomic E-state index is -4.29. The quantitative estimate of drug-likeness (QED) is 0.836. The number of halogens is 3. The molecule has 1 aromatic heterocycles. The first-order valence-corrected chi connectivity index (χ1v) is 7.45. The van der Waals surface area contributed by atoms with Crippen LogP contribution < -0.4 is 4.90 Å². The van der Waals surface area contributed by atoms with Crippen molar-refractivity contribution in [3.63, 3.8) is 0 Å². The summed E-state index contributed by atoms with van der Waals surface area (Å²) < 4.78 is 43.1. The molecule has 0 bridgehead atoms. The van der Waals surface area contributed by atoms with Crippen molar-refractivity contribution in [3.05, 3.63) is 11.1 Å². The second-order valence-corrected chi connectivity index (χ2v) is 6.05. The van der Waals surface area contributed by atoms with Crippen molar-refractivity contribution in [1.29, 1.82) is 0 Å². The van der Waals surface area contributed by atoms with E-state index in [0.29, 0.717) is 11.2 Å². The van der Waals surface area contributed by atoms with Crippen LogP contribution in [0.3, 0.4) is 0 Å². The van der Waals surface area contributed by atoms with Gasteiger partial charge in [-0.1, -0.05) is 11.3 Å². The molecule has 0 amide bonds. The SMILES string of the molecule is FC(F)(F)c1cnc(N2CCC(N3CCOCC3)C2)s1. The second-order valence-electron chi connectivity index (χ2n) is 5.04. The fraction of sp³-hybridized carbons (Fsp3) is 0.750. The van der Waals surface area contributed by atoms with Crippen LogP contribution in [0.15, 0.2) is 6.20 Å². The summed E-state index contributed by atoms with van der Waals surface area (Å²) in [4.78, 5) is 7.62. The largest absolute Gasteiger partial charge is 0.427 e. The molecule has 4 nitrogen and oxygen atoms in total. The molecule has 20 heavy (non-hydrogen) atoms. The molecule has 112 valence electrons. The van der Waals surface area contributed by atoms with Gasteiger partial charge >= 0.3 is 6.18 Å². The van der Waals surface area contributed by atoms with E-state index in [1.807, 2.05) is 4.90 Å². The highest BCUT2D eigenvalue weighted by molar-refractivity contribution is 7.15. The Kier molecular flexibility index (Phi) is 3.87. The van der Waals surface area contributed by atoms with Crippen molar-refractivity contribution in [2.45, 2.75) is 18.6 Å². The predicted octanol–water partition coefficient (Wildman–Crippen LogP) is 2.07. The lowest BCUT2D eigenvalue weighted by Crippen LogP contribution is -2.44. The Labute approximate surface area is 119 Å². The molecule has 8 heteroatoms. The van der Waals surface area contributed by atoms with Crippen molar-refractivity contribution >= 4 is 16.5 Å². The van der Waals surface area contributed by atoms with Crippen LogP contribution >= 0.6 is 11.3 Å². The maximum Gasteiger partial charge on any atom is 0.427 e. The van der Waals surface area contributed by atoms with Crippen LogP contribution in [-0.4, -0.2) is 55.3 Å². The molecule has 1 atom stereocenters. The van der Waals surface area contributed by atoms with Crippen LogP contribution in [-0.2, 0) is 10.9 Å². The first kappa shape index (κ1) is 14.1. The molecule has 2 saturated heterocycles. The van der Waals surface area contributed by atoms with Crippen molar-refractivity contribution in [1.82, 2.24) is 9.88 Å². The average molecular weight is 307 g/mol. The van der Waals surface area contributed by atoms with Gasteiger partial charge in [-0.2, -0.15) is 13.2 Å². The topological polar surface area (TPSA) is 28.6 Å². The third kappa shape index (κ3) is 2.91. The van der Waals surface area contributed by atoms with E-state index in [0.717, 1.165) is 63.3 Å². The fourth-order valence-corrected chi connectivity index (χ4v) is 3.52. The Morgan fingerprint density at radius 2 is 2.00 bits per heavy atom. The first-order valence-electron chi connectivity index (χ1n) is 6.64. The van der Waals surface area contributed by atoms with E-state index in [-0.39, 0.29) is 0 Å². The lowest BCUT2D eigenvalue weighted by atomic mass is 10.2. The summed E-state index contributed by atoms with van der Waals surface area (Å²) in [5, 5.41) is 0.480. The minimum Gasteiger partial charge on any atom is -0.379 e. The number of thiazole rings is 1. The monoisotopic (exact) mass is 307 g/mol. The standard InChI is InChI=1S/C12H16F3N3OS/c13-12(14,15)10-7-16-11(20-10)18-2-1-9(8-18)17-3-5-19-6-4-17/h7,9H,1-6,8H2. The molecule has 2 aliphatic rings. The summed E-state index contributed by atoms with van der Waals surface area (Å²) in [7, 11) is 0. The molecule has 3 rings (SSSR count). The van der Waals surface area contributed by atoms with Crippen molar-refractivity contribution in [2.24, 2.45) is 0 Å². The minimum absolute atomic E-state index is 0.400. The van der Waals surface area contributed by atoms with Gasteiger partial charge in [-0.25, -0.2) is 4.98 Å². The lowest BCUT2D eigenvalue weighted by molar-refractivity contribution is -0.134. The third-order valence-corrected chi connectivity index (χ3v) is 4.87. The first-order chi connectivity index (χ1) is 9.54. The van der Waals surface area contributed by atoms with E-state index in [1.165, 1.54) is 0 Å². The van der Waals surface area contributed by atoms with Gasteiger partial charge in [0.25, 0.3) is 0 Å². The zero-order valence-electron chi connectivity index (χ0n) is 10.9. The zero-order valence-corrected chi connectivity index (χ0v) is 11.7. The molecule has 0 saturated carbocycles. The summed E-state index contributed by atoms with van der Waals surface area (Å²) in [5.74, 6) is 0. The highest BCUT2D eigenvalue weighted by atomic mass is 32.1. The van der Waals surface area contributed by atoms with Crippen LogP contribution in [0, 0.1) is 0 Å². The van der Waals surface area contributed by atoms with Crippen LogP contribution in [0.4, 0.5) is 18.3 Å². The van der Waals surface area contributed by atoms with E-state index < -0.39 is 11.1 Å². The van der Waals surface area contributed by atoms with E-state index in [4.69, 9.17) is 4.74 Å². The summed E-state index contributed by atoms with van der Waals surface area (Å²) in [6, 6.07) is 0.400. The van der Waals surface area contributed by atoms with Gasteiger partial charge in [0.1, 0.15) is 4.88 Å². The smallest absolute Gasteiger partial charge is 0.379 e. The molecular weight excluding hydrogens is 291 g/mol. The molecule has 1 aromatic rings. The van der Waals surface area contributed by atoms with Crippen LogP contribution in [0.25, 0.3) is 0 Å². The number of hydrogen-bond acceptors (Lipinski definition) is 5. The highest BCUT2D eigenvalue weighted by Crippen LogP contribution is 2.37. The van der Waals surface area contributed by atoms with Gasteiger partial charge in [-0.05, 0) is 6.42 Å². The number of rotatable bonds is 2. The Bertz CT molecular complexity index is 459. The van der Waals surface area contributed by atoms with E-state index in [9.17, 15) is 13.2 Å². The van der Waals surface area contributed by atoms with Gasteiger partial charge in [0.2, 0.25) is 0 Å². The molecule has 0 spiro atoms. The molecule has 3 heterocycles. The summed E-state index contributed by atoms with van der Waals surface area (Å²) in [5.41, 5.74) is 0. The number of anilines is 1. The Morgan fingerprint density at radius 1 is 1.25 bits per heavy atom. The zero-order chi connectivity index (χ0) is 14.2. The number of alkyl halides is 3. The fourth-order valence-electron chi connectivity index (χ4n) is 2.70. The molecular formula is C12H16F3N3OS. The number of ether oxygens (including phenoxy) is 1. The van der Waals surface area contributed by atoms with E-state index in [1.54, 1.807) is 0 Å². The number of aromatic nitrogens is 1. The number of morpholine rings is 1. The van der Waals surface area contributed by atoms with Gasteiger partial charge in [0.05, 0.1) is 19.4 Å². The van der Waals surface area contributed by atoms with Crippen LogP contribution in [0.5, 0.6) is 0 Å². The van der Waals surface area contributed by atoms with Gasteiger partial charge in [0, 0.05) is 32.2 Å².